The van der Waals surface area contributed by atoms with E-state index in [0.717, 1.165) is 23.8 Å². The Kier molecular flexibility index (Phi) is 7.10. The van der Waals surface area contributed by atoms with E-state index in [1.165, 1.54) is 32.4 Å². The minimum absolute atomic E-state index is 0. The van der Waals surface area contributed by atoms with Crippen LogP contribution in [0, 0.1) is 5.92 Å². The summed E-state index contributed by atoms with van der Waals surface area (Å²) in [5, 5.41) is 3.20. The van der Waals surface area contributed by atoms with Crippen molar-refractivity contribution in [1.82, 2.24) is 4.90 Å². The highest BCUT2D eigenvalue weighted by Crippen LogP contribution is 2.31. The molecule has 1 saturated heterocycles. The van der Waals surface area contributed by atoms with Crippen LogP contribution in [0.25, 0.3) is 0 Å². The minimum atomic E-state index is 0. The number of nitrogens with two attached hydrogens (primary N) is 1. The number of rotatable bonds is 6. The molecule has 1 heterocycles. The van der Waals surface area contributed by atoms with Gasteiger partial charge in [0.2, 0.25) is 0 Å². The molecule has 3 rings (SSSR count). The third kappa shape index (κ3) is 5.32. The second-order valence-electron chi connectivity index (χ2n) is 6.32. The maximum absolute atomic E-state index is 6.04. The molecule has 1 atom stereocenters. The molecule has 0 spiro atoms. The number of nitrogens with zero attached hydrogens (tertiary/aromatic N) is 2. The van der Waals surface area contributed by atoms with Gasteiger partial charge >= 0.3 is 0 Å². The molecule has 0 radical (unpaired) electrons. The van der Waals surface area contributed by atoms with Crippen molar-refractivity contribution in [1.29, 1.82) is 0 Å². The molecule has 1 aliphatic carbocycles. The first kappa shape index (κ1) is 18.5. The lowest BCUT2D eigenvalue weighted by Crippen LogP contribution is -2.26. The van der Waals surface area contributed by atoms with Crippen LogP contribution in [0.3, 0.4) is 0 Å². The van der Waals surface area contributed by atoms with E-state index in [2.05, 4.69) is 15.2 Å². The molecule has 3 N–H and O–H groups in total. The fourth-order valence-corrected chi connectivity index (χ4v) is 3.11. The number of methoxy groups -OCH3 is 1. The van der Waals surface area contributed by atoms with Gasteiger partial charge in [-0.1, -0.05) is 18.2 Å². The zero-order valence-corrected chi connectivity index (χ0v) is 16.0. The van der Waals surface area contributed by atoms with Crippen LogP contribution in [-0.4, -0.2) is 43.6 Å². The molecule has 5 nitrogen and oxygen atoms in total. The Hall–Kier alpha value is -0.860. The number of benzene rings is 1. The number of ether oxygens (including phenoxy) is 1. The number of halogens is 1. The van der Waals surface area contributed by atoms with Gasteiger partial charge in [0, 0.05) is 37.5 Å². The Labute approximate surface area is 155 Å². The summed E-state index contributed by atoms with van der Waals surface area (Å²) in [5.74, 6) is 1.14. The molecule has 1 aliphatic heterocycles. The lowest BCUT2D eigenvalue weighted by molar-refractivity contribution is 0.185. The smallest absolute Gasteiger partial charge is 0.193 e. The van der Waals surface area contributed by atoms with Crippen LogP contribution in [0.5, 0.6) is 0 Å². The van der Waals surface area contributed by atoms with Crippen LogP contribution in [0.15, 0.2) is 29.3 Å². The predicted octanol–water partition coefficient (Wildman–Crippen LogP) is 2.66. The van der Waals surface area contributed by atoms with Crippen LogP contribution in [0.1, 0.15) is 24.8 Å². The lowest BCUT2D eigenvalue weighted by Gasteiger charge is -2.14. The number of hydrogen-bond donors (Lipinski definition) is 2. The molecule has 0 aromatic heterocycles. The Morgan fingerprint density at radius 2 is 2.13 bits per heavy atom. The Bertz CT molecular complexity index is 533. The summed E-state index contributed by atoms with van der Waals surface area (Å²) >= 11 is 0. The number of guanidine groups is 1. The fourth-order valence-electron chi connectivity index (χ4n) is 3.11. The first-order valence-electron chi connectivity index (χ1n) is 8.14. The summed E-state index contributed by atoms with van der Waals surface area (Å²) in [7, 11) is 1.69. The second-order valence-corrected chi connectivity index (χ2v) is 6.32. The van der Waals surface area contributed by atoms with Crippen molar-refractivity contribution in [3.63, 3.8) is 0 Å². The van der Waals surface area contributed by atoms with E-state index >= 15 is 0 Å². The van der Waals surface area contributed by atoms with Crippen molar-refractivity contribution in [2.24, 2.45) is 16.6 Å². The topological polar surface area (TPSA) is 62.9 Å². The SMILES string of the molecule is COCc1ccccc1NC(N)=NCC1CCN(C2CC2)C1.I. The standard InChI is InChI=1S/C17H26N4O.HI/c1-22-12-14-4-2-3-5-16(14)20-17(18)19-10-13-8-9-21(11-13)15-6-7-15;/h2-5,13,15H,6-12H2,1H3,(H3,18,19,20);1H. The maximum atomic E-state index is 6.04. The normalized spacial score (nSPS) is 22.0. The summed E-state index contributed by atoms with van der Waals surface area (Å²) < 4.78 is 5.21. The molecule has 2 aliphatic rings. The molecule has 23 heavy (non-hydrogen) atoms. The molecule has 1 saturated carbocycles. The quantitative estimate of drug-likeness (QED) is 0.414. The van der Waals surface area contributed by atoms with Gasteiger partial charge in [-0.15, -0.1) is 24.0 Å². The van der Waals surface area contributed by atoms with Crippen molar-refractivity contribution in [2.45, 2.75) is 31.9 Å². The molecule has 0 bridgehead atoms. The highest BCUT2D eigenvalue weighted by molar-refractivity contribution is 14.0. The van der Waals surface area contributed by atoms with Gasteiger partial charge in [-0.25, -0.2) is 0 Å². The highest BCUT2D eigenvalue weighted by atomic mass is 127. The van der Waals surface area contributed by atoms with E-state index in [1.807, 2.05) is 24.3 Å². The van der Waals surface area contributed by atoms with E-state index in [-0.39, 0.29) is 24.0 Å². The van der Waals surface area contributed by atoms with E-state index in [0.29, 0.717) is 18.5 Å². The molecule has 2 fully saturated rings. The maximum Gasteiger partial charge on any atom is 0.193 e. The summed E-state index contributed by atoms with van der Waals surface area (Å²) in [5.41, 5.74) is 8.10. The molecule has 128 valence electrons. The van der Waals surface area contributed by atoms with Crippen LogP contribution in [0.4, 0.5) is 5.69 Å². The second kappa shape index (κ2) is 8.84. The van der Waals surface area contributed by atoms with Gasteiger partial charge in [-0.2, -0.15) is 0 Å². The number of likely N-dealkylation sites (tertiary alicyclic amines) is 1. The number of nitrogens with one attached hydrogen (secondary N) is 1. The summed E-state index contributed by atoms with van der Waals surface area (Å²) in [6, 6.07) is 8.88. The number of para-hydroxylation sites is 1. The first-order chi connectivity index (χ1) is 10.8. The van der Waals surface area contributed by atoms with Crippen LogP contribution in [0.2, 0.25) is 0 Å². The van der Waals surface area contributed by atoms with Gasteiger partial charge in [-0.3, -0.25) is 4.99 Å². The number of aliphatic imine (C=N–C) groups is 1. The predicted molar refractivity (Wildman–Crippen MR) is 105 cm³/mol. The summed E-state index contributed by atoms with van der Waals surface area (Å²) in [6.07, 6.45) is 4.01. The molecule has 0 amide bonds. The van der Waals surface area contributed by atoms with E-state index in [9.17, 15) is 0 Å². The van der Waals surface area contributed by atoms with Gasteiger partial charge in [0.05, 0.1) is 6.61 Å². The van der Waals surface area contributed by atoms with Gasteiger partial charge in [0.1, 0.15) is 0 Å². The third-order valence-electron chi connectivity index (χ3n) is 4.48. The van der Waals surface area contributed by atoms with Gasteiger partial charge in [0.15, 0.2) is 5.96 Å². The highest BCUT2D eigenvalue weighted by Gasteiger charge is 2.34. The van der Waals surface area contributed by atoms with Crippen molar-refractivity contribution < 1.29 is 4.74 Å². The van der Waals surface area contributed by atoms with Crippen LogP contribution < -0.4 is 11.1 Å². The molecule has 1 aromatic carbocycles. The minimum Gasteiger partial charge on any atom is -0.380 e. The summed E-state index contributed by atoms with van der Waals surface area (Å²) in [4.78, 5) is 7.14. The van der Waals surface area contributed by atoms with Crippen molar-refractivity contribution in [3.8, 4) is 0 Å². The van der Waals surface area contributed by atoms with Gasteiger partial charge in [-0.05, 0) is 37.8 Å². The van der Waals surface area contributed by atoms with E-state index < -0.39 is 0 Å². The monoisotopic (exact) mass is 430 g/mol. The molecule has 1 unspecified atom stereocenters. The van der Waals surface area contributed by atoms with Crippen molar-refractivity contribution in [3.05, 3.63) is 29.8 Å². The lowest BCUT2D eigenvalue weighted by atomic mass is 10.1. The van der Waals surface area contributed by atoms with Gasteiger partial charge < -0.3 is 20.7 Å². The van der Waals surface area contributed by atoms with E-state index in [1.54, 1.807) is 7.11 Å². The van der Waals surface area contributed by atoms with Crippen molar-refractivity contribution in [2.75, 3.05) is 32.1 Å². The average molecular weight is 430 g/mol. The first-order valence-corrected chi connectivity index (χ1v) is 8.14. The molecule has 1 aromatic rings. The fraction of sp³-hybridized carbons (Fsp3) is 0.588. The van der Waals surface area contributed by atoms with Crippen molar-refractivity contribution >= 4 is 35.6 Å². The number of anilines is 1. The van der Waals surface area contributed by atoms with E-state index in [4.69, 9.17) is 10.5 Å². The summed E-state index contributed by atoms with van der Waals surface area (Å²) in [6.45, 7) is 3.79. The largest absolute Gasteiger partial charge is 0.380 e. The third-order valence-corrected chi connectivity index (χ3v) is 4.48. The molecular formula is C17H27IN4O. The average Bonchev–Trinajstić information content (AvgIpc) is 3.26. The number of hydrogen-bond acceptors (Lipinski definition) is 3. The van der Waals surface area contributed by atoms with Gasteiger partial charge in [0.25, 0.3) is 0 Å². The zero-order chi connectivity index (χ0) is 15.4. The van der Waals surface area contributed by atoms with Crippen LogP contribution in [-0.2, 0) is 11.3 Å². The Morgan fingerprint density at radius 3 is 2.87 bits per heavy atom. The zero-order valence-electron chi connectivity index (χ0n) is 13.7. The Morgan fingerprint density at radius 1 is 1.35 bits per heavy atom. The molecule has 6 heteroatoms. The Balaban J connectivity index is 0.00000192. The molecular weight excluding hydrogens is 403 g/mol. The van der Waals surface area contributed by atoms with Crippen LogP contribution >= 0.6 is 24.0 Å².